The smallest absolute Gasteiger partial charge is 0.261 e. The molecular formula is C19H21N3O2S. The number of hydrogen-bond donors (Lipinski definition) is 1. The van der Waals surface area contributed by atoms with Crippen LogP contribution in [-0.4, -0.2) is 32.4 Å². The Morgan fingerprint density at radius 1 is 1.00 bits per heavy atom. The Labute approximate surface area is 148 Å². The van der Waals surface area contributed by atoms with E-state index < -0.39 is 10.0 Å². The maximum absolute atomic E-state index is 12.7. The average Bonchev–Trinajstić information content (AvgIpc) is 2.55. The highest BCUT2D eigenvalue weighted by molar-refractivity contribution is 7.92. The molecule has 0 unspecified atom stereocenters. The van der Waals surface area contributed by atoms with Crippen LogP contribution in [0, 0.1) is 6.92 Å². The predicted molar refractivity (Wildman–Crippen MR) is 101 cm³/mol. The van der Waals surface area contributed by atoms with Gasteiger partial charge in [0.15, 0.2) is 0 Å². The molecule has 0 fully saturated rings. The van der Waals surface area contributed by atoms with Crippen molar-refractivity contribution < 1.29 is 8.42 Å². The molecule has 0 aliphatic heterocycles. The summed E-state index contributed by atoms with van der Waals surface area (Å²) >= 11 is 0. The summed E-state index contributed by atoms with van der Waals surface area (Å²) in [6, 6.07) is 16.2. The van der Waals surface area contributed by atoms with E-state index in [1.807, 2.05) is 50.2 Å². The molecular weight excluding hydrogens is 334 g/mol. The van der Waals surface area contributed by atoms with Gasteiger partial charge < -0.3 is 4.90 Å². The molecule has 0 bridgehead atoms. The van der Waals surface area contributed by atoms with Crippen LogP contribution < -0.4 is 4.72 Å². The summed E-state index contributed by atoms with van der Waals surface area (Å²) in [4.78, 5) is 6.90. The molecule has 3 aromatic rings. The lowest BCUT2D eigenvalue weighted by Gasteiger charge is -2.13. The predicted octanol–water partition coefficient (Wildman–Crippen LogP) is 3.41. The number of anilines is 1. The van der Waals surface area contributed by atoms with Gasteiger partial charge in [0.05, 0.1) is 21.8 Å². The molecule has 0 saturated carbocycles. The fourth-order valence-corrected chi connectivity index (χ4v) is 3.67. The Kier molecular flexibility index (Phi) is 4.74. The minimum absolute atomic E-state index is 0.236. The molecule has 0 aliphatic rings. The fraction of sp³-hybridized carbons (Fsp3) is 0.211. The third-order valence-corrected chi connectivity index (χ3v) is 5.21. The molecule has 6 heteroatoms. The average molecular weight is 355 g/mol. The second kappa shape index (κ2) is 6.82. The van der Waals surface area contributed by atoms with Crippen molar-refractivity contribution in [2.24, 2.45) is 0 Å². The van der Waals surface area contributed by atoms with Gasteiger partial charge in [-0.3, -0.25) is 4.72 Å². The van der Waals surface area contributed by atoms with Gasteiger partial charge in [-0.25, -0.2) is 13.4 Å². The SMILES string of the molecule is Cc1ccc(S(=O)(=O)Nc2cccc3ccc(CN(C)C)nc23)cc1. The van der Waals surface area contributed by atoms with Crippen LogP contribution in [0.2, 0.25) is 0 Å². The Bertz CT molecular complexity index is 997. The highest BCUT2D eigenvalue weighted by atomic mass is 32.2. The van der Waals surface area contributed by atoms with Crippen molar-refractivity contribution in [2.45, 2.75) is 18.4 Å². The monoisotopic (exact) mass is 355 g/mol. The van der Waals surface area contributed by atoms with E-state index in [1.54, 1.807) is 30.3 Å². The summed E-state index contributed by atoms with van der Waals surface area (Å²) in [7, 11) is 0.282. The van der Waals surface area contributed by atoms with Crippen molar-refractivity contribution in [2.75, 3.05) is 18.8 Å². The van der Waals surface area contributed by atoms with Gasteiger partial charge in [-0.2, -0.15) is 0 Å². The first-order valence-corrected chi connectivity index (χ1v) is 9.46. The summed E-state index contributed by atoms with van der Waals surface area (Å²) in [5.74, 6) is 0. The number of sulfonamides is 1. The Morgan fingerprint density at radius 2 is 1.72 bits per heavy atom. The number of pyridine rings is 1. The molecule has 0 radical (unpaired) electrons. The van der Waals surface area contributed by atoms with Crippen LogP contribution in [0.3, 0.4) is 0 Å². The first-order valence-electron chi connectivity index (χ1n) is 7.98. The number of benzene rings is 2. The first-order chi connectivity index (χ1) is 11.8. The summed E-state index contributed by atoms with van der Waals surface area (Å²) in [6.45, 7) is 2.61. The maximum Gasteiger partial charge on any atom is 0.261 e. The van der Waals surface area contributed by atoms with E-state index in [4.69, 9.17) is 0 Å². The van der Waals surface area contributed by atoms with Crippen LogP contribution in [0.1, 0.15) is 11.3 Å². The molecule has 2 aromatic carbocycles. The number of rotatable bonds is 5. The van der Waals surface area contributed by atoms with Crippen LogP contribution >= 0.6 is 0 Å². The minimum atomic E-state index is -3.66. The number of aromatic nitrogens is 1. The molecule has 0 atom stereocenters. The van der Waals surface area contributed by atoms with Gasteiger partial charge in [0.25, 0.3) is 10.0 Å². The summed E-state index contributed by atoms with van der Waals surface area (Å²) in [5, 5.41) is 0.895. The molecule has 1 aromatic heterocycles. The Morgan fingerprint density at radius 3 is 2.40 bits per heavy atom. The summed E-state index contributed by atoms with van der Waals surface area (Å²) in [5.41, 5.74) is 3.04. The van der Waals surface area contributed by atoms with Crippen LogP contribution in [0.4, 0.5) is 5.69 Å². The van der Waals surface area contributed by atoms with E-state index >= 15 is 0 Å². The second-order valence-electron chi connectivity index (χ2n) is 6.34. The van der Waals surface area contributed by atoms with Crippen LogP contribution in [0.25, 0.3) is 10.9 Å². The van der Waals surface area contributed by atoms with E-state index in [0.29, 0.717) is 17.7 Å². The molecule has 1 heterocycles. The normalized spacial score (nSPS) is 11.8. The van der Waals surface area contributed by atoms with E-state index in [9.17, 15) is 8.42 Å². The van der Waals surface area contributed by atoms with Crippen molar-refractivity contribution in [3.8, 4) is 0 Å². The fourth-order valence-electron chi connectivity index (χ4n) is 2.60. The lowest BCUT2D eigenvalue weighted by atomic mass is 10.2. The van der Waals surface area contributed by atoms with Crippen molar-refractivity contribution in [1.29, 1.82) is 0 Å². The standard InChI is InChI=1S/C19H21N3O2S/c1-14-7-11-17(12-8-14)25(23,24)21-18-6-4-5-15-9-10-16(13-22(2)3)20-19(15)18/h4-12,21H,13H2,1-3H3. The Balaban J connectivity index is 2.01. The molecule has 0 saturated heterocycles. The lowest BCUT2D eigenvalue weighted by Crippen LogP contribution is -2.14. The van der Waals surface area contributed by atoms with Gasteiger partial charge in [-0.15, -0.1) is 0 Å². The van der Waals surface area contributed by atoms with Gasteiger partial charge in [-0.05, 0) is 45.3 Å². The minimum Gasteiger partial charge on any atom is -0.304 e. The van der Waals surface area contributed by atoms with Crippen molar-refractivity contribution in [3.05, 3.63) is 65.9 Å². The molecule has 0 spiro atoms. The van der Waals surface area contributed by atoms with E-state index in [-0.39, 0.29) is 4.90 Å². The molecule has 1 N–H and O–H groups in total. The van der Waals surface area contributed by atoms with Gasteiger partial charge in [0, 0.05) is 11.9 Å². The maximum atomic E-state index is 12.7. The zero-order valence-electron chi connectivity index (χ0n) is 14.5. The number of nitrogens with zero attached hydrogens (tertiary/aromatic N) is 2. The zero-order chi connectivity index (χ0) is 18.0. The highest BCUT2D eigenvalue weighted by Gasteiger charge is 2.16. The highest BCUT2D eigenvalue weighted by Crippen LogP contribution is 2.25. The molecule has 3 rings (SSSR count). The topological polar surface area (TPSA) is 62.3 Å². The molecule has 0 aliphatic carbocycles. The quantitative estimate of drug-likeness (QED) is 0.762. The van der Waals surface area contributed by atoms with Gasteiger partial charge >= 0.3 is 0 Å². The van der Waals surface area contributed by atoms with Crippen molar-refractivity contribution in [3.63, 3.8) is 0 Å². The molecule has 0 amide bonds. The third kappa shape index (κ3) is 3.97. The van der Waals surface area contributed by atoms with E-state index in [0.717, 1.165) is 16.6 Å². The van der Waals surface area contributed by atoms with Crippen LogP contribution in [0.15, 0.2) is 59.5 Å². The van der Waals surface area contributed by atoms with Crippen LogP contribution in [-0.2, 0) is 16.6 Å². The molecule has 25 heavy (non-hydrogen) atoms. The van der Waals surface area contributed by atoms with Gasteiger partial charge in [0.1, 0.15) is 0 Å². The largest absolute Gasteiger partial charge is 0.304 e. The molecule has 130 valence electrons. The number of hydrogen-bond acceptors (Lipinski definition) is 4. The Hall–Kier alpha value is -2.44. The van der Waals surface area contributed by atoms with Crippen LogP contribution in [0.5, 0.6) is 0 Å². The summed E-state index contributed by atoms with van der Waals surface area (Å²) < 4.78 is 28.0. The second-order valence-corrected chi connectivity index (χ2v) is 8.02. The summed E-state index contributed by atoms with van der Waals surface area (Å²) in [6.07, 6.45) is 0. The lowest BCUT2D eigenvalue weighted by molar-refractivity contribution is 0.397. The van der Waals surface area contributed by atoms with E-state index in [2.05, 4.69) is 9.71 Å². The first kappa shape index (κ1) is 17.4. The molecule has 5 nitrogen and oxygen atoms in total. The zero-order valence-corrected chi connectivity index (χ0v) is 15.3. The number of para-hydroxylation sites is 1. The van der Waals surface area contributed by atoms with Gasteiger partial charge in [-0.1, -0.05) is 35.9 Å². The van der Waals surface area contributed by atoms with Gasteiger partial charge in [0.2, 0.25) is 0 Å². The van der Waals surface area contributed by atoms with Crippen molar-refractivity contribution in [1.82, 2.24) is 9.88 Å². The van der Waals surface area contributed by atoms with Crippen molar-refractivity contribution >= 4 is 26.6 Å². The number of nitrogens with one attached hydrogen (secondary N) is 1. The van der Waals surface area contributed by atoms with E-state index in [1.165, 1.54) is 0 Å². The number of fused-ring (bicyclic) bond motifs is 1. The number of aryl methyl sites for hydroxylation is 1. The third-order valence-electron chi connectivity index (χ3n) is 3.83.